The number of hydrogen-bond donors (Lipinski definition) is 0. The molecule has 1 atom stereocenters. The first-order valence-corrected chi connectivity index (χ1v) is 20.7. The van der Waals surface area contributed by atoms with E-state index in [1.165, 1.54) is 99.0 Å². The summed E-state index contributed by atoms with van der Waals surface area (Å²) < 4.78 is 0. The Morgan fingerprint density at radius 3 is 0.839 bits per heavy atom. The predicted octanol–water partition coefficient (Wildman–Crippen LogP) is 2.88. The average molecular weight is 846 g/mol. The second kappa shape index (κ2) is 18.5. The van der Waals surface area contributed by atoms with Crippen molar-refractivity contribution in [3.63, 3.8) is 0 Å². The molecule has 0 spiro atoms. The van der Waals surface area contributed by atoms with Crippen LogP contribution in [0, 0.1) is 47.6 Å². The summed E-state index contributed by atoms with van der Waals surface area (Å²) in [5.41, 5.74) is 19.4. The van der Waals surface area contributed by atoms with Crippen LogP contribution in [0.15, 0.2) is 144 Å². The third kappa shape index (κ3) is 8.56. The molecule has 0 saturated heterocycles. The largest absolute Gasteiger partial charge is 4.00 e. The van der Waals surface area contributed by atoms with E-state index < -0.39 is 8.07 Å². The van der Waals surface area contributed by atoms with Gasteiger partial charge in [0.1, 0.15) is 8.07 Å². The first kappa shape index (κ1) is 47.0. The maximum atomic E-state index is 4.15. The van der Waals surface area contributed by atoms with Crippen molar-refractivity contribution in [1.82, 2.24) is 0 Å². The monoisotopic (exact) mass is 844 g/mol. The summed E-state index contributed by atoms with van der Waals surface area (Å²) >= 11 is 0. The molecule has 0 aromatic heterocycles. The fraction of sp³-hybridized carbons (Fsp3) is 0.216. The van der Waals surface area contributed by atoms with Gasteiger partial charge in [0.15, 0.2) is 0 Å². The topological polar surface area (TPSA) is 0 Å². The molecule has 0 fully saturated rings. The van der Waals surface area contributed by atoms with Gasteiger partial charge in [-0.1, -0.05) is 187 Å². The van der Waals surface area contributed by atoms with E-state index in [9.17, 15) is 0 Å². The first-order chi connectivity index (χ1) is 24.8. The number of halogens is 3. The second-order valence-corrected chi connectivity index (χ2v) is 20.0. The molecular weight excluding hydrogens is 795 g/mol. The first-order valence-electron chi connectivity index (χ1n) is 18.7. The van der Waals surface area contributed by atoms with E-state index in [0.29, 0.717) is 0 Å². The van der Waals surface area contributed by atoms with Crippen LogP contribution in [0.3, 0.4) is 0 Å². The Bertz CT molecular complexity index is 2100. The van der Waals surface area contributed by atoms with E-state index in [-0.39, 0.29) is 64.0 Å². The zero-order chi connectivity index (χ0) is 36.9. The minimum absolute atomic E-state index is 0. The third-order valence-corrected chi connectivity index (χ3v) is 17.3. The maximum absolute atomic E-state index is 4.15. The molecule has 1 aliphatic rings. The summed E-state index contributed by atoms with van der Waals surface area (Å²) in [7, 11) is -2.89. The molecule has 0 saturated carbocycles. The standard InChI is InChI=1S/C51H51Si.3ClH.Ti/c1-33-23-34(2)27-45(26-33)42-11-17-48(18-12-42)52(51(10)32-39(7)40(8)41(51)9,49-19-13-43(14-20-49)46-28-35(3)24-36(4)29-46)50-21-15-44(16-22-50)47-30-37(5)25-38(6)31-47;;;;/h11-31H,1-10H3;3*1H;/q-1;;;;+4/p-3. The third-order valence-electron chi connectivity index (χ3n) is 11.7. The van der Waals surface area contributed by atoms with Crippen LogP contribution in [0.2, 0.25) is 5.04 Å². The van der Waals surface area contributed by atoms with Gasteiger partial charge >= 0.3 is 21.7 Å². The molecule has 7 rings (SSSR count). The Kier molecular flexibility index (Phi) is 15.5. The molecule has 1 aliphatic carbocycles. The van der Waals surface area contributed by atoms with Crippen LogP contribution in [0.5, 0.6) is 0 Å². The molecule has 1 unspecified atom stereocenters. The van der Waals surface area contributed by atoms with Crippen molar-refractivity contribution < 1.29 is 58.9 Å². The molecule has 0 heterocycles. The van der Waals surface area contributed by atoms with Crippen molar-refractivity contribution in [2.75, 3.05) is 0 Å². The van der Waals surface area contributed by atoms with E-state index in [1.54, 1.807) is 0 Å². The molecule has 284 valence electrons. The molecule has 6 aromatic rings. The molecule has 6 aromatic carbocycles. The summed E-state index contributed by atoms with van der Waals surface area (Å²) in [5.74, 6) is 0. The van der Waals surface area contributed by atoms with Gasteiger partial charge in [0.05, 0.1) is 0 Å². The van der Waals surface area contributed by atoms with Gasteiger partial charge in [-0.3, -0.25) is 6.08 Å². The van der Waals surface area contributed by atoms with Crippen molar-refractivity contribution in [3.05, 3.63) is 184 Å². The molecule has 0 aliphatic heterocycles. The summed E-state index contributed by atoms with van der Waals surface area (Å²) in [6, 6.07) is 49.4. The molecule has 0 radical (unpaired) electrons. The fourth-order valence-electron chi connectivity index (χ4n) is 9.12. The van der Waals surface area contributed by atoms with E-state index in [1.807, 2.05) is 0 Å². The number of hydrogen-bond acceptors (Lipinski definition) is 0. The zero-order valence-corrected chi connectivity index (χ0v) is 39.1. The van der Waals surface area contributed by atoms with E-state index in [0.717, 1.165) is 0 Å². The van der Waals surface area contributed by atoms with Crippen molar-refractivity contribution >= 4 is 23.6 Å². The van der Waals surface area contributed by atoms with Crippen molar-refractivity contribution in [2.24, 2.45) is 0 Å². The molecule has 0 nitrogen and oxygen atoms in total. The fourth-order valence-corrected chi connectivity index (χ4v) is 15.0. The van der Waals surface area contributed by atoms with Gasteiger partial charge in [-0.2, -0.15) is 11.1 Å². The van der Waals surface area contributed by atoms with Crippen molar-refractivity contribution in [3.8, 4) is 33.4 Å². The minimum atomic E-state index is -2.89. The van der Waals surface area contributed by atoms with Gasteiger partial charge in [0.25, 0.3) is 0 Å². The van der Waals surface area contributed by atoms with Crippen LogP contribution in [-0.2, 0) is 21.7 Å². The molecular formula is C51H51Cl3SiTi. The minimum Gasteiger partial charge on any atom is -1.00 e. The van der Waals surface area contributed by atoms with Gasteiger partial charge in [-0.25, -0.2) is 5.57 Å². The second-order valence-electron chi connectivity index (χ2n) is 15.7. The van der Waals surface area contributed by atoms with Crippen LogP contribution < -0.4 is 52.8 Å². The molecule has 0 amide bonds. The summed E-state index contributed by atoms with van der Waals surface area (Å²) in [6.45, 7) is 22.5. The Labute approximate surface area is 371 Å². The predicted molar refractivity (Wildman–Crippen MR) is 228 cm³/mol. The zero-order valence-electron chi connectivity index (χ0n) is 34.3. The van der Waals surface area contributed by atoms with Crippen molar-refractivity contribution in [1.29, 1.82) is 0 Å². The number of rotatable bonds is 7. The number of aryl methyl sites for hydroxylation is 6. The molecule has 56 heavy (non-hydrogen) atoms. The smallest absolute Gasteiger partial charge is 1.00 e. The molecule has 0 N–H and O–H groups in total. The summed E-state index contributed by atoms with van der Waals surface area (Å²) in [5, 5.41) is 3.88. The van der Waals surface area contributed by atoms with E-state index >= 15 is 0 Å². The van der Waals surface area contributed by atoms with Crippen LogP contribution >= 0.6 is 0 Å². The van der Waals surface area contributed by atoms with Gasteiger partial charge in [-0.05, 0) is 90.5 Å². The van der Waals surface area contributed by atoms with Gasteiger partial charge in [-0.15, -0.1) is 6.92 Å². The van der Waals surface area contributed by atoms with Crippen LogP contribution in [0.25, 0.3) is 33.4 Å². The SMILES string of the molecule is CC1=[C-]C(C)([Si](c2ccc(-c3cc(C)cc(C)c3)cc2)(c2ccc(-c3cc(C)cc(C)c3)cc2)c2ccc(-c3cc(C)cc(C)c3)cc2)C(C)=C1C.[Cl-].[Cl-].[Cl-].[Ti+4]. The Balaban J connectivity index is 0.00000210. The maximum Gasteiger partial charge on any atom is 4.00 e. The summed E-state index contributed by atoms with van der Waals surface area (Å²) in [4.78, 5) is 0. The number of allylic oxidation sites excluding steroid dienone is 4. The number of benzene rings is 6. The van der Waals surface area contributed by atoms with E-state index in [2.05, 4.69) is 203 Å². The van der Waals surface area contributed by atoms with Crippen molar-refractivity contribution in [2.45, 2.75) is 74.3 Å². The van der Waals surface area contributed by atoms with Gasteiger partial charge in [0, 0.05) is 0 Å². The van der Waals surface area contributed by atoms with Gasteiger partial charge in [0.2, 0.25) is 0 Å². The molecule has 5 heteroatoms. The Hall–Kier alpha value is -3.40. The summed E-state index contributed by atoms with van der Waals surface area (Å²) in [6.07, 6.45) is 4.15. The van der Waals surface area contributed by atoms with Crippen LogP contribution in [0.4, 0.5) is 0 Å². The van der Waals surface area contributed by atoms with E-state index in [4.69, 9.17) is 0 Å². The van der Waals surface area contributed by atoms with Gasteiger partial charge < -0.3 is 37.2 Å². The quantitative estimate of drug-likeness (QED) is 0.132. The Morgan fingerprint density at radius 1 is 0.375 bits per heavy atom. The van der Waals surface area contributed by atoms with Crippen LogP contribution in [-0.4, -0.2) is 8.07 Å². The molecule has 0 bridgehead atoms. The normalized spacial score (nSPS) is 14.9. The van der Waals surface area contributed by atoms with Crippen LogP contribution in [0.1, 0.15) is 61.1 Å². The average Bonchev–Trinajstić information content (AvgIpc) is 3.30. The Morgan fingerprint density at radius 2 is 0.625 bits per heavy atom.